The molecular formula is C30H36N6O3. The number of benzene rings is 1. The highest BCUT2D eigenvalue weighted by atomic mass is 16.6. The zero-order valence-corrected chi connectivity index (χ0v) is 22.3. The molecule has 4 heterocycles. The van der Waals surface area contributed by atoms with Crippen LogP contribution in [-0.2, 0) is 13.0 Å². The smallest absolute Gasteiger partial charge is 0.409 e. The number of piperidine rings is 1. The molecule has 204 valence electrons. The van der Waals surface area contributed by atoms with Gasteiger partial charge in [-0.05, 0) is 67.9 Å². The second kappa shape index (κ2) is 13.3. The molecule has 0 spiro atoms. The largest absolute Gasteiger partial charge is 0.415 e. The molecule has 0 atom stereocenters. The van der Waals surface area contributed by atoms with Crippen LogP contribution >= 0.6 is 0 Å². The molecule has 2 fully saturated rings. The van der Waals surface area contributed by atoms with E-state index in [1.165, 1.54) is 31.0 Å². The summed E-state index contributed by atoms with van der Waals surface area (Å²) in [6.45, 7) is 6.94. The Balaban J connectivity index is 1.04. The minimum atomic E-state index is -0.386. The Morgan fingerprint density at radius 1 is 0.821 bits per heavy atom. The van der Waals surface area contributed by atoms with Crippen LogP contribution in [0.4, 0.5) is 10.6 Å². The Bertz CT molecular complexity index is 1210. The standard InChI is InChI=1S/C30H36N6O3/c37-29(25-9-7-24(8-10-25)23-35-15-4-1-5-16-35)33-28-12-11-27(22-32-28)39-30(38)36-20-18-34(19-21-36)17-13-26-6-2-3-14-31-26/h2-3,6-12,14,22H,1,4-5,13,15-21,23H2,(H,32,33,37). The van der Waals surface area contributed by atoms with Gasteiger partial charge < -0.3 is 15.0 Å². The van der Waals surface area contributed by atoms with Crippen LogP contribution < -0.4 is 10.1 Å². The van der Waals surface area contributed by atoms with Gasteiger partial charge in [0, 0.05) is 63.1 Å². The van der Waals surface area contributed by atoms with E-state index >= 15 is 0 Å². The number of ether oxygens (including phenoxy) is 1. The second-order valence-corrected chi connectivity index (χ2v) is 10.1. The van der Waals surface area contributed by atoms with Gasteiger partial charge in [0.05, 0.1) is 6.20 Å². The molecule has 0 unspecified atom stereocenters. The van der Waals surface area contributed by atoms with Crippen LogP contribution in [0, 0.1) is 0 Å². The minimum absolute atomic E-state index is 0.224. The van der Waals surface area contributed by atoms with Gasteiger partial charge in [0.25, 0.3) is 5.91 Å². The maximum atomic E-state index is 12.7. The third-order valence-corrected chi connectivity index (χ3v) is 7.29. The van der Waals surface area contributed by atoms with Crippen molar-refractivity contribution in [3.63, 3.8) is 0 Å². The van der Waals surface area contributed by atoms with E-state index in [9.17, 15) is 9.59 Å². The van der Waals surface area contributed by atoms with Crippen molar-refractivity contribution in [1.29, 1.82) is 0 Å². The number of aromatic nitrogens is 2. The predicted molar refractivity (Wildman–Crippen MR) is 150 cm³/mol. The number of carbonyl (C=O) groups excluding carboxylic acids is 2. The van der Waals surface area contributed by atoms with Gasteiger partial charge in [0.1, 0.15) is 5.82 Å². The number of likely N-dealkylation sites (tertiary alicyclic amines) is 1. The molecule has 2 aliphatic heterocycles. The van der Waals surface area contributed by atoms with Crippen molar-refractivity contribution in [2.24, 2.45) is 0 Å². The summed E-state index contributed by atoms with van der Waals surface area (Å²) >= 11 is 0. The summed E-state index contributed by atoms with van der Waals surface area (Å²) in [6, 6.07) is 17.0. The number of nitrogens with one attached hydrogen (secondary N) is 1. The first kappa shape index (κ1) is 26.8. The summed E-state index contributed by atoms with van der Waals surface area (Å²) in [4.78, 5) is 40.4. The van der Waals surface area contributed by atoms with Gasteiger partial charge >= 0.3 is 6.09 Å². The van der Waals surface area contributed by atoms with Crippen molar-refractivity contribution in [3.05, 3.63) is 83.8 Å². The van der Waals surface area contributed by atoms with Gasteiger partial charge in [-0.2, -0.15) is 0 Å². The van der Waals surface area contributed by atoms with E-state index in [1.54, 1.807) is 17.0 Å². The van der Waals surface area contributed by atoms with Crippen LogP contribution in [-0.4, -0.2) is 82.5 Å². The first-order valence-corrected chi connectivity index (χ1v) is 13.8. The monoisotopic (exact) mass is 528 g/mol. The highest BCUT2D eigenvalue weighted by molar-refractivity contribution is 6.03. The topological polar surface area (TPSA) is 90.9 Å². The molecule has 2 aromatic heterocycles. The molecule has 0 bridgehead atoms. The molecule has 9 heteroatoms. The quantitative estimate of drug-likeness (QED) is 0.471. The van der Waals surface area contributed by atoms with E-state index in [4.69, 9.17) is 4.74 Å². The highest BCUT2D eigenvalue weighted by Crippen LogP contribution is 2.17. The Labute approximate surface area is 229 Å². The summed E-state index contributed by atoms with van der Waals surface area (Å²) in [5, 5.41) is 2.81. The Hall–Kier alpha value is -3.82. The number of rotatable bonds is 8. The Kier molecular flexibility index (Phi) is 9.13. The fraction of sp³-hybridized carbons (Fsp3) is 0.400. The van der Waals surface area contributed by atoms with Gasteiger partial charge in [-0.3, -0.25) is 19.6 Å². The van der Waals surface area contributed by atoms with Crippen LogP contribution in [0.3, 0.4) is 0 Å². The van der Waals surface area contributed by atoms with Crippen molar-refractivity contribution in [3.8, 4) is 5.75 Å². The average Bonchev–Trinajstić information content (AvgIpc) is 2.99. The third kappa shape index (κ3) is 7.84. The number of piperazine rings is 1. The van der Waals surface area contributed by atoms with Gasteiger partial charge in [0.15, 0.2) is 5.75 Å². The van der Waals surface area contributed by atoms with Crippen molar-refractivity contribution < 1.29 is 14.3 Å². The molecule has 2 amide bonds. The molecule has 0 saturated carbocycles. The number of hydrogen-bond donors (Lipinski definition) is 1. The number of amides is 2. The van der Waals surface area contributed by atoms with Gasteiger partial charge in [-0.1, -0.05) is 24.6 Å². The minimum Gasteiger partial charge on any atom is -0.409 e. The number of nitrogens with zero attached hydrogens (tertiary/aromatic N) is 5. The maximum Gasteiger partial charge on any atom is 0.415 e. The molecule has 1 N–H and O–H groups in total. The average molecular weight is 529 g/mol. The highest BCUT2D eigenvalue weighted by Gasteiger charge is 2.22. The van der Waals surface area contributed by atoms with Crippen LogP contribution in [0.25, 0.3) is 0 Å². The van der Waals surface area contributed by atoms with Crippen molar-refractivity contribution in [2.75, 3.05) is 51.1 Å². The lowest BCUT2D eigenvalue weighted by atomic mass is 10.1. The lowest BCUT2D eigenvalue weighted by Crippen LogP contribution is -2.49. The molecule has 3 aromatic rings. The SMILES string of the molecule is O=C(Nc1ccc(OC(=O)N2CCN(CCc3ccccn3)CC2)cn1)c1ccc(CN2CCCCC2)cc1. The predicted octanol–water partition coefficient (Wildman–Crippen LogP) is 4.07. The van der Waals surface area contributed by atoms with E-state index in [2.05, 4.69) is 25.1 Å². The van der Waals surface area contributed by atoms with Crippen molar-refractivity contribution in [1.82, 2.24) is 24.7 Å². The molecule has 0 radical (unpaired) electrons. The number of hydrogen-bond acceptors (Lipinski definition) is 7. The van der Waals surface area contributed by atoms with Crippen LogP contribution in [0.5, 0.6) is 5.75 Å². The molecule has 1 aromatic carbocycles. The lowest BCUT2D eigenvalue weighted by Gasteiger charge is -2.33. The van der Waals surface area contributed by atoms with E-state index < -0.39 is 0 Å². The van der Waals surface area contributed by atoms with Crippen molar-refractivity contribution in [2.45, 2.75) is 32.2 Å². The van der Waals surface area contributed by atoms with E-state index in [1.807, 2.05) is 48.7 Å². The summed E-state index contributed by atoms with van der Waals surface area (Å²) in [5.41, 5.74) is 2.87. The zero-order chi connectivity index (χ0) is 26.9. The molecular weight excluding hydrogens is 492 g/mol. The van der Waals surface area contributed by atoms with Crippen LogP contribution in [0.15, 0.2) is 67.0 Å². The summed E-state index contributed by atoms with van der Waals surface area (Å²) in [7, 11) is 0. The third-order valence-electron chi connectivity index (χ3n) is 7.29. The first-order chi connectivity index (χ1) is 19.1. The van der Waals surface area contributed by atoms with Crippen molar-refractivity contribution >= 4 is 17.8 Å². The normalized spacial score (nSPS) is 16.6. The van der Waals surface area contributed by atoms with E-state index in [0.29, 0.717) is 30.2 Å². The lowest BCUT2D eigenvalue weighted by molar-refractivity contribution is 0.102. The number of pyridine rings is 2. The van der Waals surface area contributed by atoms with Crippen LogP contribution in [0.1, 0.15) is 40.9 Å². The summed E-state index contributed by atoms with van der Waals surface area (Å²) in [6.07, 6.45) is 7.61. The molecule has 9 nitrogen and oxygen atoms in total. The Morgan fingerprint density at radius 2 is 1.62 bits per heavy atom. The summed E-state index contributed by atoms with van der Waals surface area (Å²) < 4.78 is 5.52. The molecule has 5 rings (SSSR count). The van der Waals surface area contributed by atoms with E-state index in [0.717, 1.165) is 51.4 Å². The van der Waals surface area contributed by atoms with Gasteiger partial charge in [-0.15, -0.1) is 0 Å². The van der Waals surface area contributed by atoms with Gasteiger partial charge in [0.2, 0.25) is 0 Å². The van der Waals surface area contributed by atoms with Gasteiger partial charge in [-0.25, -0.2) is 9.78 Å². The number of carbonyl (C=O) groups is 2. The fourth-order valence-corrected chi connectivity index (χ4v) is 4.98. The maximum absolute atomic E-state index is 12.7. The molecule has 0 aliphatic carbocycles. The summed E-state index contributed by atoms with van der Waals surface area (Å²) in [5.74, 6) is 0.522. The number of anilines is 1. The zero-order valence-electron chi connectivity index (χ0n) is 22.3. The first-order valence-electron chi connectivity index (χ1n) is 13.8. The molecule has 2 aliphatic rings. The molecule has 2 saturated heterocycles. The molecule has 39 heavy (non-hydrogen) atoms. The second-order valence-electron chi connectivity index (χ2n) is 10.1. The Morgan fingerprint density at radius 3 is 2.31 bits per heavy atom. The van der Waals surface area contributed by atoms with E-state index in [-0.39, 0.29) is 12.0 Å². The fourth-order valence-electron chi connectivity index (χ4n) is 4.98. The van der Waals surface area contributed by atoms with Crippen LogP contribution in [0.2, 0.25) is 0 Å².